The number of hydrogen-bond donors (Lipinski definition) is 1. The summed E-state index contributed by atoms with van der Waals surface area (Å²) in [7, 11) is 0. The van der Waals surface area contributed by atoms with E-state index in [0.717, 1.165) is 11.3 Å². The van der Waals surface area contributed by atoms with Crippen LogP contribution in [0.15, 0.2) is 35.4 Å². The van der Waals surface area contributed by atoms with Crippen molar-refractivity contribution in [2.24, 2.45) is 5.10 Å². The monoisotopic (exact) mass is 347 g/mol. The Labute approximate surface area is 136 Å². The lowest BCUT2D eigenvalue weighted by Crippen LogP contribution is -2.01. The van der Waals surface area contributed by atoms with Crippen molar-refractivity contribution >= 4 is 57.9 Å². The van der Waals surface area contributed by atoms with Crippen LogP contribution in [-0.4, -0.2) is 10.7 Å². The van der Waals surface area contributed by atoms with Crippen LogP contribution < -0.4 is 5.43 Å². The largest absolute Gasteiger partial charge is 0.260 e. The van der Waals surface area contributed by atoms with E-state index in [0.29, 0.717) is 20.9 Å². The highest BCUT2D eigenvalue weighted by molar-refractivity contribution is 6.42. The summed E-state index contributed by atoms with van der Waals surface area (Å²) in [6.07, 6.45) is 0. The zero-order chi connectivity index (χ0) is 14.7. The maximum atomic E-state index is 6.00. The van der Waals surface area contributed by atoms with Crippen LogP contribution >= 0.6 is 46.4 Å². The number of hydrazone groups is 1. The lowest BCUT2D eigenvalue weighted by atomic mass is 10.1. The van der Waals surface area contributed by atoms with Gasteiger partial charge < -0.3 is 0 Å². The molecule has 104 valence electrons. The maximum absolute atomic E-state index is 6.00. The van der Waals surface area contributed by atoms with Gasteiger partial charge >= 0.3 is 0 Å². The summed E-state index contributed by atoms with van der Waals surface area (Å²) >= 11 is 23.5. The molecule has 0 aliphatic heterocycles. The Bertz CT molecular complexity index is 653. The molecule has 0 saturated carbocycles. The predicted molar refractivity (Wildman–Crippen MR) is 86.6 cm³/mol. The summed E-state index contributed by atoms with van der Waals surface area (Å²) in [5.41, 5.74) is 4.45. The number of anilines is 1. The van der Waals surface area contributed by atoms with E-state index in [1.54, 1.807) is 12.1 Å². The first-order valence-corrected chi connectivity index (χ1v) is 7.06. The summed E-state index contributed by atoms with van der Waals surface area (Å²) in [6, 6.07) is 8.83. The minimum Gasteiger partial charge on any atom is -0.260 e. The zero-order valence-electron chi connectivity index (χ0n) is 10.3. The van der Waals surface area contributed by atoms with Gasteiger partial charge in [0.15, 0.2) is 5.82 Å². The van der Waals surface area contributed by atoms with Crippen LogP contribution in [0.2, 0.25) is 20.2 Å². The molecule has 0 fully saturated rings. The van der Waals surface area contributed by atoms with Crippen molar-refractivity contribution in [3.05, 3.63) is 56.1 Å². The van der Waals surface area contributed by atoms with Gasteiger partial charge in [0.1, 0.15) is 5.15 Å². The van der Waals surface area contributed by atoms with Gasteiger partial charge in [-0.05, 0) is 30.7 Å². The second kappa shape index (κ2) is 6.64. The Morgan fingerprint density at radius 1 is 1.05 bits per heavy atom. The second-order valence-corrected chi connectivity index (χ2v) is 5.52. The number of aromatic nitrogens is 1. The molecular formula is C13H9Cl4N3. The Morgan fingerprint density at radius 2 is 1.70 bits per heavy atom. The van der Waals surface area contributed by atoms with Gasteiger partial charge in [0.2, 0.25) is 0 Å². The molecule has 3 nitrogen and oxygen atoms in total. The molecule has 1 aromatic heterocycles. The molecule has 1 N–H and O–H groups in total. The fourth-order valence-electron chi connectivity index (χ4n) is 1.41. The molecule has 0 aliphatic rings. The summed E-state index contributed by atoms with van der Waals surface area (Å²) in [4.78, 5) is 4.01. The summed E-state index contributed by atoms with van der Waals surface area (Å²) in [5.74, 6) is 0.342. The summed E-state index contributed by atoms with van der Waals surface area (Å²) in [5, 5.41) is 5.67. The molecule has 0 radical (unpaired) electrons. The SMILES string of the molecule is C/C(=N/Nc1nc(Cl)c(Cl)cc1Cl)c1ccc(Cl)cc1. The van der Waals surface area contributed by atoms with Gasteiger partial charge in [0.25, 0.3) is 0 Å². The number of benzene rings is 1. The Balaban J connectivity index is 2.20. The fourth-order valence-corrected chi connectivity index (χ4v) is 2.08. The third-order valence-corrected chi connectivity index (χ3v) is 3.69. The van der Waals surface area contributed by atoms with Crippen LogP contribution in [0.4, 0.5) is 5.82 Å². The van der Waals surface area contributed by atoms with E-state index in [9.17, 15) is 0 Å². The lowest BCUT2D eigenvalue weighted by molar-refractivity contribution is 1.22. The molecule has 2 aromatic rings. The average Bonchev–Trinajstić information content (AvgIpc) is 2.42. The smallest absolute Gasteiger partial charge is 0.166 e. The molecule has 20 heavy (non-hydrogen) atoms. The number of halogens is 4. The summed E-state index contributed by atoms with van der Waals surface area (Å²) in [6.45, 7) is 1.85. The van der Waals surface area contributed by atoms with Gasteiger partial charge in [-0.15, -0.1) is 0 Å². The van der Waals surface area contributed by atoms with Gasteiger partial charge in [-0.2, -0.15) is 5.10 Å². The number of hydrogen-bond acceptors (Lipinski definition) is 3. The Kier molecular flexibility index (Phi) is 5.11. The zero-order valence-corrected chi connectivity index (χ0v) is 13.3. The second-order valence-electron chi connectivity index (χ2n) is 3.91. The minimum absolute atomic E-state index is 0.165. The van der Waals surface area contributed by atoms with Crippen LogP contribution in [0.3, 0.4) is 0 Å². The van der Waals surface area contributed by atoms with Crippen molar-refractivity contribution in [1.82, 2.24) is 4.98 Å². The van der Waals surface area contributed by atoms with E-state index in [4.69, 9.17) is 46.4 Å². The quantitative estimate of drug-likeness (QED) is 0.449. The highest BCUT2D eigenvalue weighted by atomic mass is 35.5. The van der Waals surface area contributed by atoms with E-state index in [1.165, 1.54) is 6.07 Å². The maximum Gasteiger partial charge on any atom is 0.166 e. The van der Waals surface area contributed by atoms with Gasteiger partial charge in [0.05, 0.1) is 15.8 Å². The molecule has 0 unspecified atom stereocenters. The van der Waals surface area contributed by atoms with Crippen molar-refractivity contribution in [3.8, 4) is 0 Å². The molecule has 0 bridgehead atoms. The first-order valence-electron chi connectivity index (χ1n) is 5.55. The van der Waals surface area contributed by atoms with Crippen molar-refractivity contribution in [3.63, 3.8) is 0 Å². The highest BCUT2D eigenvalue weighted by Gasteiger charge is 2.07. The fraction of sp³-hybridized carbons (Fsp3) is 0.0769. The molecule has 0 saturated heterocycles. The van der Waals surface area contributed by atoms with Gasteiger partial charge in [-0.3, -0.25) is 5.43 Å². The van der Waals surface area contributed by atoms with E-state index in [2.05, 4.69) is 15.5 Å². The predicted octanol–water partition coefficient (Wildman–Crippen LogP) is 5.53. The Morgan fingerprint density at radius 3 is 2.35 bits per heavy atom. The van der Waals surface area contributed by atoms with Gasteiger partial charge in [-0.25, -0.2) is 4.98 Å². The molecule has 0 atom stereocenters. The first kappa shape index (κ1) is 15.4. The molecule has 0 aliphatic carbocycles. The van der Waals surface area contributed by atoms with E-state index in [-0.39, 0.29) is 5.15 Å². The number of nitrogens with one attached hydrogen (secondary N) is 1. The molecular weight excluding hydrogens is 340 g/mol. The van der Waals surface area contributed by atoms with E-state index < -0.39 is 0 Å². The van der Waals surface area contributed by atoms with Crippen molar-refractivity contribution < 1.29 is 0 Å². The van der Waals surface area contributed by atoms with Crippen LogP contribution in [-0.2, 0) is 0 Å². The minimum atomic E-state index is 0.165. The van der Waals surface area contributed by atoms with Crippen LogP contribution in [0.5, 0.6) is 0 Å². The highest BCUT2D eigenvalue weighted by Crippen LogP contribution is 2.28. The average molecular weight is 349 g/mol. The van der Waals surface area contributed by atoms with Crippen LogP contribution in [0, 0.1) is 0 Å². The molecule has 0 spiro atoms. The molecule has 2 rings (SSSR count). The Hall–Kier alpha value is -1.00. The van der Waals surface area contributed by atoms with E-state index in [1.807, 2.05) is 19.1 Å². The molecule has 1 heterocycles. The third kappa shape index (κ3) is 3.76. The number of nitrogens with zero attached hydrogens (tertiary/aromatic N) is 2. The van der Waals surface area contributed by atoms with Gasteiger partial charge in [-0.1, -0.05) is 58.5 Å². The molecule has 7 heteroatoms. The molecule has 1 aromatic carbocycles. The number of rotatable bonds is 3. The van der Waals surface area contributed by atoms with Crippen molar-refractivity contribution in [2.45, 2.75) is 6.92 Å². The van der Waals surface area contributed by atoms with Crippen LogP contribution in [0.25, 0.3) is 0 Å². The topological polar surface area (TPSA) is 37.3 Å². The summed E-state index contributed by atoms with van der Waals surface area (Å²) < 4.78 is 0. The van der Waals surface area contributed by atoms with E-state index >= 15 is 0 Å². The lowest BCUT2D eigenvalue weighted by Gasteiger charge is -2.06. The van der Waals surface area contributed by atoms with Crippen molar-refractivity contribution in [2.75, 3.05) is 5.43 Å². The first-order chi connectivity index (χ1) is 9.47. The number of pyridine rings is 1. The van der Waals surface area contributed by atoms with Gasteiger partial charge in [0, 0.05) is 5.02 Å². The van der Waals surface area contributed by atoms with Crippen molar-refractivity contribution in [1.29, 1.82) is 0 Å². The standard InChI is InChI=1S/C13H9Cl4N3/c1-7(8-2-4-9(14)5-3-8)19-20-13-11(16)6-10(15)12(17)18-13/h2-6H,1H3,(H,18,20)/b19-7-. The normalized spacial score (nSPS) is 11.6. The third-order valence-electron chi connectivity index (χ3n) is 2.48. The van der Waals surface area contributed by atoms with Crippen LogP contribution in [0.1, 0.15) is 12.5 Å². The molecule has 0 amide bonds.